The fourth-order valence-electron chi connectivity index (χ4n) is 3.00. The van der Waals surface area contributed by atoms with Crippen LogP contribution in [0.5, 0.6) is 0 Å². The lowest BCUT2D eigenvalue weighted by molar-refractivity contribution is -0.120. The summed E-state index contributed by atoms with van der Waals surface area (Å²) in [6.07, 6.45) is 1.39. The van der Waals surface area contributed by atoms with Crippen LogP contribution in [0.15, 0.2) is 50.9 Å². The number of rotatable bonds is 6. The first-order valence-electron chi connectivity index (χ1n) is 8.58. The van der Waals surface area contributed by atoms with E-state index in [1.165, 1.54) is 15.6 Å². The van der Waals surface area contributed by atoms with E-state index in [1.807, 2.05) is 24.3 Å². The van der Waals surface area contributed by atoms with Crippen molar-refractivity contribution >= 4 is 44.7 Å². The number of carbonyl (C=O) groups is 1. The number of nitrogens with one attached hydrogen (secondary N) is 1. The van der Waals surface area contributed by atoms with Crippen LogP contribution in [-0.2, 0) is 14.8 Å². The molecule has 1 atom stereocenters. The Hall–Kier alpha value is -1.35. The third-order valence-corrected chi connectivity index (χ3v) is 8.48. The van der Waals surface area contributed by atoms with Crippen LogP contribution in [0, 0.1) is 5.92 Å². The van der Waals surface area contributed by atoms with E-state index in [0.717, 1.165) is 16.3 Å². The highest BCUT2D eigenvalue weighted by atomic mass is 32.2. The van der Waals surface area contributed by atoms with Crippen LogP contribution < -0.4 is 5.32 Å². The van der Waals surface area contributed by atoms with Gasteiger partial charge in [-0.15, -0.1) is 23.1 Å². The summed E-state index contributed by atoms with van der Waals surface area (Å²) in [5.41, 5.74) is 0.794. The molecule has 0 bridgehead atoms. The molecule has 1 aliphatic rings. The lowest BCUT2D eigenvalue weighted by Crippen LogP contribution is -2.43. The van der Waals surface area contributed by atoms with Crippen LogP contribution in [0.1, 0.15) is 19.8 Å². The third kappa shape index (κ3) is 4.31. The molecular formula is C18H22N2O3S3. The zero-order valence-electron chi connectivity index (χ0n) is 14.6. The molecule has 26 heavy (non-hydrogen) atoms. The number of amides is 1. The number of thioether (sulfide) groups is 1. The average Bonchev–Trinajstić information content (AvgIpc) is 3.19. The Labute approximate surface area is 162 Å². The zero-order chi connectivity index (χ0) is 18.6. The van der Waals surface area contributed by atoms with Crippen molar-refractivity contribution in [3.8, 4) is 0 Å². The van der Waals surface area contributed by atoms with Crippen LogP contribution in [0.3, 0.4) is 0 Å². The van der Waals surface area contributed by atoms with Gasteiger partial charge >= 0.3 is 0 Å². The van der Waals surface area contributed by atoms with Crippen molar-refractivity contribution in [1.82, 2.24) is 4.31 Å². The van der Waals surface area contributed by atoms with Crippen molar-refractivity contribution in [2.24, 2.45) is 5.92 Å². The molecule has 0 spiro atoms. The molecule has 5 nitrogen and oxygen atoms in total. The van der Waals surface area contributed by atoms with Crippen molar-refractivity contribution < 1.29 is 13.2 Å². The van der Waals surface area contributed by atoms with Gasteiger partial charge in [0.2, 0.25) is 5.91 Å². The lowest BCUT2D eigenvalue weighted by Gasteiger charge is -2.31. The average molecular weight is 411 g/mol. The minimum atomic E-state index is -3.51. The number of sulfonamides is 1. The second kappa shape index (κ2) is 8.56. The molecule has 2 aromatic rings. The minimum Gasteiger partial charge on any atom is -0.325 e. The molecule has 0 aliphatic carbocycles. The maximum atomic E-state index is 12.7. The molecule has 8 heteroatoms. The van der Waals surface area contributed by atoms with Gasteiger partial charge in [0.15, 0.2) is 0 Å². The van der Waals surface area contributed by atoms with Gasteiger partial charge in [0.05, 0.1) is 11.6 Å². The maximum Gasteiger partial charge on any atom is 0.252 e. The quantitative estimate of drug-likeness (QED) is 0.734. The standard InChI is InChI=1S/C18H22N2O3S3/c1-2-24-16-9-4-3-8-15(16)19-18(21)14-7-5-11-20(13-14)26(22,23)17-10-6-12-25-17/h3-4,6,8-10,12,14H,2,5,7,11,13H2,1H3,(H,19,21). The number of benzene rings is 1. The van der Waals surface area contributed by atoms with Crippen LogP contribution in [0.4, 0.5) is 5.69 Å². The number of thiophene rings is 1. The molecular weight excluding hydrogens is 388 g/mol. The summed E-state index contributed by atoms with van der Waals surface area (Å²) in [5, 5.41) is 4.75. The molecule has 0 radical (unpaired) electrons. The fraction of sp³-hybridized carbons (Fsp3) is 0.389. The van der Waals surface area contributed by atoms with Crippen LogP contribution in [-0.4, -0.2) is 37.5 Å². The fourth-order valence-corrected chi connectivity index (χ4v) is 6.43. The largest absolute Gasteiger partial charge is 0.325 e. The van der Waals surface area contributed by atoms with Crippen molar-refractivity contribution in [3.05, 3.63) is 41.8 Å². The smallest absolute Gasteiger partial charge is 0.252 e. The van der Waals surface area contributed by atoms with Gasteiger partial charge in [-0.1, -0.05) is 25.1 Å². The van der Waals surface area contributed by atoms with Crippen molar-refractivity contribution in [2.75, 3.05) is 24.2 Å². The molecule has 0 saturated carbocycles. The first-order chi connectivity index (χ1) is 12.5. The van der Waals surface area contributed by atoms with Crippen molar-refractivity contribution in [2.45, 2.75) is 28.9 Å². The minimum absolute atomic E-state index is 0.111. The van der Waals surface area contributed by atoms with E-state index in [2.05, 4.69) is 12.2 Å². The summed E-state index contributed by atoms with van der Waals surface area (Å²) in [5.74, 6) is 0.474. The van der Waals surface area contributed by atoms with E-state index < -0.39 is 10.0 Å². The first kappa shape index (κ1) is 19.4. The van der Waals surface area contributed by atoms with E-state index in [9.17, 15) is 13.2 Å². The van der Waals surface area contributed by atoms with Gasteiger partial charge in [0.25, 0.3) is 10.0 Å². The topological polar surface area (TPSA) is 66.5 Å². The van der Waals surface area contributed by atoms with E-state index in [1.54, 1.807) is 29.3 Å². The summed E-state index contributed by atoms with van der Waals surface area (Å²) in [4.78, 5) is 13.8. The summed E-state index contributed by atoms with van der Waals surface area (Å²) < 4.78 is 27.2. The lowest BCUT2D eigenvalue weighted by atomic mass is 9.99. The van der Waals surface area contributed by atoms with Crippen molar-refractivity contribution in [1.29, 1.82) is 0 Å². The number of carbonyl (C=O) groups excluding carboxylic acids is 1. The second-order valence-electron chi connectivity index (χ2n) is 6.05. The molecule has 140 valence electrons. The predicted molar refractivity (Wildman–Crippen MR) is 107 cm³/mol. The number of piperidine rings is 1. The molecule has 3 rings (SSSR count). The van der Waals surface area contributed by atoms with Gasteiger partial charge in [-0.3, -0.25) is 4.79 Å². The van der Waals surface area contributed by atoms with Gasteiger partial charge in [-0.25, -0.2) is 8.42 Å². The number of nitrogens with zero attached hydrogens (tertiary/aromatic N) is 1. The van der Waals surface area contributed by atoms with E-state index >= 15 is 0 Å². The molecule has 1 fully saturated rings. The molecule has 2 heterocycles. The monoisotopic (exact) mass is 410 g/mol. The van der Waals surface area contributed by atoms with Gasteiger partial charge in [0.1, 0.15) is 4.21 Å². The Bertz CT molecular complexity index is 850. The van der Waals surface area contributed by atoms with E-state index in [0.29, 0.717) is 23.6 Å². The molecule has 1 unspecified atom stereocenters. The van der Waals surface area contributed by atoms with E-state index in [-0.39, 0.29) is 18.4 Å². The van der Waals surface area contributed by atoms with Crippen LogP contribution >= 0.6 is 23.1 Å². The van der Waals surface area contributed by atoms with Crippen LogP contribution in [0.2, 0.25) is 0 Å². The van der Waals surface area contributed by atoms with E-state index in [4.69, 9.17) is 0 Å². The highest BCUT2D eigenvalue weighted by Crippen LogP contribution is 2.29. The Morgan fingerprint density at radius 2 is 2.12 bits per heavy atom. The molecule has 1 saturated heterocycles. The molecule has 1 amide bonds. The zero-order valence-corrected chi connectivity index (χ0v) is 17.0. The van der Waals surface area contributed by atoms with Crippen LogP contribution in [0.25, 0.3) is 0 Å². The summed E-state index contributed by atoms with van der Waals surface area (Å²) in [6, 6.07) is 11.1. The summed E-state index contributed by atoms with van der Waals surface area (Å²) in [7, 11) is -3.51. The predicted octanol–water partition coefficient (Wildman–Crippen LogP) is 3.90. The van der Waals surface area contributed by atoms with Gasteiger partial charge < -0.3 is 5.32 Å². The Balaban J connectivity index is 1.71. The number of para-hydroxylation sites is 1. The third-order valence-electron chi connectivity index (χ3n) is 4.29. The Kier molecular flexibility index (Phi) is 6.39. The summed E-state index contributed by atoms with van der Waals surface area (Å²) >= 11 is 2.88. The molecule has 1 aromatic carbocycles. The highest BCUT2D eigenvalue weighted by molar-refractivity contribution is 7.99. The molecule has 1 aromatic heterocycles. The SMILES string of the molecule is CCSc1ccccc1NC(=O)C1CCCN(S(=O)(=O)c2cccs2)C1. The summed E-state index contributed by atoms with van der Waals surface area (Å²) in [6.45, 7) is 2.76. The number of hydrogen-bond acceptors (Lipinski definition) is 5. The number of anilines is 1. The second-order valence-corrected chi connectivity index (χ2v) is 10.5. The normalized spacial score (nSPS) is 18.6. The highest BCUT2D eigenvalue weighted by Gasteiger charge is 2.33. The van der Waals surface area contributed by atoms with Gasteiger partial charge in [-0.05, 0) is 42.2 Å². The number of hydrogen-bond donors (Lipinski definition) is 1. The maximum absolute atomic E-state index is 12.7. The van der Waals surface area contributed by atoms with Gasteiger partial charge in [0, 0.05) is 18.0 Å². The molecule has 1 aliphatic heterocycles. The Morgan fingerprint density at radius 1 is 1.31 bits per heavy atom. The Morgan fingerprint density at radius 3 is 2.85 bits per heavy atom. The van der Waals surface area contributed by atoms with Gasteiger partial charge in [-0.2, -0.15) is 4.31 Å². The first-order valence-corrected chi connectivity index (χ1v) is 11.9. The molecule has 1 N–H and O–H groups in total. The van der Waals surface area contributed by atoms with Crippen molar-refractivity contribution in [3.63, 3.8) is 0 Å².